The molecule has 2 nitrogen and oxygen atoms in total. The van der Waals surface area contributed by atoms with Crippen LogP contribution in [0.15, 0.2) is 36.4 Å². The van der Waals surface area contributed by atoms with E-state index < -0.39 is 0 Å². The number of hydrogen-bond donors (Lipinski definition) is 0. The van der Waals surface area contributed by atoms with Gasteiger partial charge in [-0.25, -0.2) is 0 Å². The van der Waals surface area contributed by atoms with Gasteiger partial charge >= 0.3 is 0 Å². The predicted molar refractivity (Wildman–Crippen MR) is 86.0 cm³/mol. The molecule has 0 amide bonds. The molecule has 0 bridgehead atoms. The molecule has 1 aliphatic carbocycles. The smallest absolute Gasteiger partial charge is 0.166 e. The summed E-state index contributed by atoms with van der Waals surface area (Å²) in [5, 5.41) is 2.05. The van der Waals surface area contributed by atoms with Crippen molar-refractivity contribution in [3.8, 4) is 5.75 Å². The summed E-state index contributed by atoms with van der Waals surface area (Å²) in [6, 6.07) is 11.9. The minimum atomic E-state index is 0.198. The third kappa shape index (κ3) is 2.80. The average Bonchev–Trinajstić information content (AvgIpc) is 2.82. The van der Waals surface area contributed by atoms with E-state index in [1.165, 1.54) is 25.7 Å². The normalized spacial score (nSPS) is 16.6. The lowest BCUT2D eigenvalue weighted by atomic mass is 9.88. The van der Waals surface area contributed by atoms with Gasteiger partial charge in [0.15, 0.2) is 5.78 Å². The Bertz CT molecular complexity index is 637. The number of methoxy groups -OCH3 is 1. The summed E-state index contributed by atoms with van der Waals surface area (Å²) in [5.74, 6) is 1.35. The van der Waals surface area contributed by atoms with Crippen molar-refractivity contribution >= 4 is 16.6 Å². The molecule has 0 spiro atoms. The van der Waals surface area contributed by atoms with Gasteiger partial charge in [0.25, 0.3) is 0 Å². The molecule has 2 heteroatoms. The number of fused-ring (bicyclic) bond motifs is 1. The molecule has 0 radical (unpaired) electrons. The van der Waals surface area contributed by atoms with Crippen molar-refractivity contribution in [1.29, 1.82) is 0 Å². The van der Waals surface area contributed by atoms with Crippen LogP contribution in [0.4, 0.5) is 0 Å². The zero-order valence-electron chi connectivity index (χ0n) is 12.6. The Labute approximate surface area is 126 Å². The summed E-state index contributed by atoms with van der Waals surface area (Å²) in [4.78, 5) is 12.9. The molecule has 21 heavy (non-hydrogen) atoms. The van der Waals surface area contributed by atoms with E-state index in [1.54, 1.807) is 7.11 Å². The molecule has 3 rings (SSSR count). The lowest BCUT2D eigenvalue weighted by Gasteiger charge is -2.15. The Kier molecular flexibility index (Phi) is 4.23. The monoisotopic (exact) mass is 282 g/mol. The fourth-order valence-electron chi connectivity index (χ4n) is 3.43. The Morgan fingerprint density at radius 2 is 1.62 bits per heavy atom. The van der Waals surface area contributed by atoms with Gasteiger partial charge in [0.05, 0.1) is 7.11 Å². The molecule has 0 aromatic heterocycles. The number of carbonyl (C=O) groups is 1. The van der Waals surface area contributed by atoms with Crippen LogP contribution in [0.5, 0.6) is 5.75 Å². The van der Waals surface area contributed by atoms with Crippen molar-refractivity contribution in [2.45, 2.75) is 38.5 Å². The first kappa shape index (κ1) is 14.1. The van der Waals surface area contributed by atoms with E-state index in [0.29, 0.717) is 5.78 Å². The van der Waals surface area contributed by atoms with Crippen molar-refractivity contribution in [3.05, 3.63) is 42.0 Å². The third-order valence-corrected chi connectivity index (χ3v) is 4.60. The molecule has 2 aromatic rings. The minimum Gasteiger partial charge on any atom is -0.496 e. The number of hydrogen-bond acceptors (Lipinski definition) is 2. The summed E-state index contributed by atoms with van der Waals surface area (Å²) in [6.07, 6.45) is 6.99. The zero-order chi connectivity index (χ0) is 14.7. The van der Waals surface area contributed by atoms with Crippen LogP contribution in [-0.4, -0.2) is 12.9 Å². The average molecular weight is 282 g/mol. The van der Waals surface area contributed by atoms with Crippen LogP contribution < -0.4 is 4.74 Å². The van der Waals surface area contributed by atoms with E-state index in [4.69, 9.17) is 4.74 Å². The maximum absolute atomic E-state index is 12.9. The van der Waals surface area contributed by atoms with Gasteiger partial charge in [-0.05, 0) is 30.4 Å². The second kappa shape index (κ2) is 6.30. The van der Waals surface area contributed by atoms with E-state index in [-0.39, 0.29) is 5.92 Å². The van der Waals surface area contributed by atoms with Crippen molar-refractivity contribution < 1.29 is 9.53 Å². The topological polar surface area (TPSA) is 26.3 Å². The number of rotatable bonds is 3. The van der Waals surface area contributed by atoms with Gasteiger partial charge < -0.3 is 4.74 Å². The first-order valence-corrected chi connectivity index (χ1v) is 7.91. The number of Topliss-reactive ketones (excluding diaryl/α,β-unsaturated/α-hetero) is 1. The fraction of sp³-hybridized carbons (Fsp3) is 0.421. The number of benzene rings is 2. The van der Waals surface area contributed by atoms with Crippen LogP contribution in [0, 0.1) is 5.92 Å². The maximum atomic E-state index is 12.9. The van der Waals surface area contributed by atoms with Gasteiger partial charge in [-0.1, -0.05) is 49.9 Å². The Hall–Kier alpha value is -1.83. The van der Waals surface area contributed by atoms with Gasteiger partial charge in [-0.3, -0.25) is 4.79 Å². The molecule has 1 fully saturated rings. The molecule has 0 heterocycles. The first-order chi connectivity index (χ1) is 10.3. The van der Waals surface area contributed by atoms with E-state index in [0.717, 1.165) is 34.9 Å². The summed E-state index contributed by atoms with van der Waals surface area (Å²) >= 11 is 0. The van der Waals surface area contributed by atoms with Gasteiger partial charge in [0.1, 0.15) is 5.75 Å². The molecule has 1 aliphatic rings. The molecule has 1 saturated carbocycles. The fourth-order valence-corrected chi connectivity index (χ4v) is 3.43. The molecule has 0 saturated heterocycles. The Morgan fingerprint density at radius 1 is 0.952 bits per heavy atom. The van der Waals surface area contributed by atoms with Crippen LogP contribution in [0.3, 0.4) is 0 Å². The second-order valence-corrected chi connectivity index (χ2v) is 5.91. The lowest BCUT2D eigenvalue weighted by molar-refractivity contribution is 0.0909. The highest BCUT2D eigenvalue weighted by Gasteiger charge is 2.23. The highest BCUT2D eigenvalue weighted by Crippen LogP contribution is 2.32. The molecule has 110 valence electrons. The van der Waals surface area contributed by atoms with Crippen LogP contribution in [-0.2, 0) is 0 Å². The Balaban J connectivity index is 2.01. The van der Waals surface area contributed by atoms with Crippen LogP contribution in [0.25, 0.3) is 10.8 Å². The molecule has 0 N–H and O–H groups in total. The van der Waals surface area contributed by atoms with Crippen molar-refractivity contribution in [3.63, 3.8) is 0 Å². The van der Waals surface area contributed by atoms with E-state index in [9.17, 15) is 4.79 Å². The van der Waals surface area contributed by atoms with E-state index in [2.05, 4.69) is 0 Å². The first-order valence-electron chi connectivity index (χ1n) is 7.91. The summed E-state index contributed by atoms with van der Waals surface area (Å²) in [7, 11) is 1.68. The summed E-state index contributed by atoms with van der Waals surface area (Å²) in [5.41, 5.74) is 0.860. The molecule has 0 aliphatic heterocycles. The quantitative estimate of drug-likeness (QED) is 0.585. The highest BCUT2D eigenvalue weighted by molar-refractivity contribution is 6.10. The largest absolute Gasteiger partial charge is 0.496 e. The predicted octanol–water partition coefficient (Wildman–Crippen LogP) is 5.00. The van der Waals surface area contributed by atoms with Gasteiger partial charge in [0, 0.05) is 16.9 Å². The Morgan fingerprint density at radius 3 is 2.29 bits per heavy atom. The highest BCUT2D eigenvalue weighted by atomic mass is 16.5. The van der Waals surface area contributed by atoms with Crippen LogP contribution >= 0.6 is 0 Å². The SMILES string of the molecule is COc1ccc(C(=O)C2CCCCCC2)c2ccccc12. The third-order valence-electron chi connectivity index (χ3n) is 4.60. The zero-order valence-corrected chi connectivity index (χ0v) is 12.6. The van der Waals surface area contributed by atoms with Crippen molar-refractivity contribution in [2.75, 3.05) is 7.11 Å². The van der Waals surface area contributed by atoms with E-state index >= 15 is 0 Å². The van der Waals surface area contributed by atoms with Gasteiger partial charge in [-0.2, -0.15) is 0 Å². The number of carbonyl (C=O) groups excluding carboxylic acids is 1. The molecule has 0 unspecified atom stereocenters. The lowest BCUT2D eigenvalue weighted by Crippen LogP contribution is -2.14. The number of ether oxygens (including phenoxy) is 1. The van der Waals surface area contributed by atoms with Crippen LogP contribution in [0.2, 0.25) is 0 Å². The van der Waals surface area contributed by atoms with Gasteiger partial charge in [-0.15, -0.1) is 0 Å². The standard InChI is InChI=1S/C19H22O2/c1-21-18-13-12-17(15-10-6-7-11-16(15)18)19(20)14-8-4-2-3-5-9-14/h6-7,10-14H,2-5,8-9H2,1H3. The minimum absolute atomic E-state index is 0.198. The molecular weight excluding hydrogens is 260 g/mol. The molecule has 2 aromatic carbocycles. The van der Waals surface area contributed by atoms with Crippen molar-refractivity contribution in [2.24, 2.45) is 5.92 Å². The molecular formula is C19H22O2. The molecule has 0 atom stereocenters. The van der Waals surface area contributed by atoms with Gasteiger partial charge in [0.2, 0.25) is 0 Å². The van der Waals surface area contributed by atoms with Crippen LogP contribution in [0.1, 0.15) is 48.9 Å². The number of ketones is 1. The summed E-state index contributed by atoms with van der Waals surface area (Å²) < 4.78 is 5.42. The summed E-state index contributed by atoms with van der Waals surface area (Å²) in [6.45, 7) is 0. The second-order valence-electron chi connectivity index (χ2n) is 5.91. The van der Waals surface area contributed by atoms with E-state index in [1.807, 2.05) is 36.4 Å². The van der Waals surface area contributed by atoms with Crippen molar-refractivity contribution in [1.82, 2.24) is 0 Å². The maximum Gasteiger partial charge on any atom is 0.166 e.